The molecule has 0 radical (unpaired) electrons. The largest absolute Gasteiger partial charge is 0.375 e. The maximum atomic E-state index is 11.7. The highest BCUT2D eigenvalue weighted by molar-refractivity contribution is 7.88. The third-order valence-electron chi connectivity index (χ3n) is 5.15. The van der Waals surface area contributed by atoms with Crippen LogP contribution in [0.3, 0.4) is 0 Å². The van der Waals surface area contributed by atoms with E-state index in [1.54, 1.807) is 4.31 Å². The molecule has 5 nitrogen and oxygen atoms in total. The molecule has 2 aliphatic rings. The molecule has 3 heterocycles. The zero-order valence-corrected chi connectivity index (χ0v) is 17.4. The minimum absolute atomic E-state index is 0.584. The zero-order chi connectivity index (χ0) is 19.0. The van der Waals surface area contributed by atoms with E-state index < -0.39 is 10.0 Å². The van der Waals surface area contributed by atoms with Gasteiger partial charge in [-0.2, -0.15) is 4.31 Å². The van der Waals surface area contributed by atoms with Gasteiger partial charge < -0.3 is 4.90 Å². The van der Waals surface area contributed by atoms with E-state index in [0.29, 0.717) is 13.1 Å². The molecule has 0 amide bonds. The van der Waals surface area contributed by atoms with Gasteiger partial charge in [0, 0.05) is 67.1 Å². The van der Waals surface area contributed by atoms with Gasteiger partial charge >= 0.3 is 0 Å². The number of piperazine rings is 1. The number of thiophene rings is 1. The lowest BCUT2D eigenvalue weighted by molar-refractivity contribution is 0.183. The van der Waals surface area contributed by atoms with Gasteiger partial charge in [0.15, 0.2) is 0 Å². The molecule has 1 aromatic heterocycles. The van der Waals surface area contributed by atoms with Crippen molar-refractivity contribution >= 4 is 33.1 Å². The molecule has 0 aliphatic carbocycles. The molecule has 0 atom stereocenters. The van der Waals surface area contributed by atoms with Crippen LogP contribution in [0.2, 0.25) is 0 Å². The minimum atomic E-state index is -3.07. The van der Waals surface area contributed by atoms with E-state index in [0.717, 1.165) is 26.2 Å². The van der Waals surface area contributed by atoms with Crippen molar-refractivity contribution in [2.45, 2.75) is 6.54 Å². The van der Waals surface area contributed by atoms with Gasteiger partial charge in [0.25, 0.3) is 0 Å². The van der Waals surface area contributed by atoms with Gasteiger partial charge in [-0.1, -0.05) is 30.3 Å². The third kappa shape index (κ3) is 4.11. The summed E-state index contributed by atoms with van der Waals surface area (Å²) in [7, 11) is -0.954. The Morgan fingerprint density at radius 1 is 1.07 bits per heavy atom. The highest BCUT2D eigenvalue weighted by Gasteiger charge is 2.23. The fraction of sp³-hybridized carbons (Fsp3) is 0.400. The second kappa shape index (κ2) is 7.39. The molecule has 0 bridgehead atoms. The minimum Gasteiger partial charge on any atom is -0.375 e. The topological polar surface area (TPSA) is 43.9 Å². The summed E-state index contributed by atoms with van der Waals surface area (Å²) in [5, 5.41) is 1.29. The van der Waals surface area contributed by atoms with Crippen molar-refractivity contribution in [2.75, 3.05) is 46.0 Å². The highest BCUT2D eigenvalue weighted by Crippen LogP contribution is 2.17. The Hall–Kier alpha value is -1.67. The third-order valence-corrected chi connectivity index (χ3v) is 7.65. The van der Waals surface area contributed by atoms with Crippen molar-refractivity contribution in [1.82, 2.24) is 14.1 Å². The summed E-state index contributed by atoms with van der Waals surface area (Å²) in [6, 6.07) is 12.9. The molecule has 1 saturated heterocycles. The van der Waals surface area contributed by atoms with Crippen LogP contribution in [0.25, 0.3) is 11.8 Å². The molecular weight excluding hydrogens is 378 g/mol. The summed E-state index contributed by atoms with van der Waals surface area (Å²) in [5.74, 6) is 0. The Labute approximate surface area is 164 Å². The fourth-order valence-electron chi connectivity index (χ4n) is 3.77. The molecule has 0 saturated carbocycles. The maximum absolute atomic E-state index is 11.7. The van der Waals surface area contributed by atoms with Gasteiger partial charge in [-0.25, -0.2) is 8.42 Å². The second-order valence-corrected chi connectivity index (χ2v) is 10.4. The normalized spacial score (nSPS) is 19.0. The standard InChI is InChI=1S/C20H25N3O2S2/c1-21-13-17-12-18(14-22-8-10-23(11-9-22)27(2,24)25)26-20(17)19(15-21)16-6-4-3-5-7-16/h3-7,12-13H,8-11,14-15H2,1-2H3. The van der Waals surface area contributed by atoms with E-state index in [9.17, 15) is 8.42 Å². The van der Waals surface area contributed by atoms with Gasteiger partial charge in [-0.15, -0.1) is 11.3 Å². The molecule has 0 N–H and O–H groups in total. The lowest BCUT2D eigenvalue weighted by Crippen LogP contribution is -2.47. The number of likely N-dealkylation sites (N-methyl/N-ethyl adjacent to an activating group) is 1. The molecule has 7 heteroatoms. The highest BCUT2D eigenvalue weighted by atomic mass is 32.2. The summed E-state index contributed by atoms with van der Waals surface area (Å²) in [6.45, 7) is 4.54. The summed E-state index contributed by atoms with van der Waals surface area (Å²) in [4.78, 5) is 5.93. The fourth-order valence-corrected chi connectivity index (χ4v) is 5.83. The quantitative estimate of drug-likeness (QED) is 0.754. The average Bonchev–Trinajstić information content (AvgIpc) is 3.03. The molecule has 2 aromatic rings. The molecule has 2 aliphatic heterocycles. The Morgan fingerprint density at radius 3 is 2.44 bits per heavy atom. The van der Waals surface area contributed by atoms with E-state index >= 15 is 0 Å². The van der Waals surface area contributed by atoms with Gasteiger partial charge in [-0.05, 0) is 17.2 Å². The van der Waals surface area contributed by atoms with Crippen molar-refractivity contribution < 1.29 is 8.42 Å². The molecule has 0 unspecified atom stereocenters. The first-order valence-electron chi connectivity index (χ1n) is 9.17. The van der Waals surface area contributed by atoms with Crippen molar-refractivity contribution in [3.8, 4) is 0 Å². The Kier molecular flexibility index (Phi) is 5.11. The van der Waals surface area contributed by atoms with E-state index in [2.05, 4.69) is 59.4 Å². The van der Waals surface area contributed by atoms with E-state index in [1.807, 2.05) is 11.3 Å². The van der Waals surface area contributed by atoms with Gasteiger partial charge in [-0.3, -0.25) is 4.90 Å². The van der Waals surface area contributed by atoms with Crippen LogP contribution >= 0.6 is 11.3 Å². The first kappa shape index (κ1) is 18.7. The van der Waals surface area contributed by atoms with Gasteiger partial charge in [0.2, 0.25) is 10.0 Å². The predicted molar refractivity (Wildman–Crippen MR) is 111 cm³/mol. The van der Waals surface area contributed by atoms with Crippen molar-refractivity contribution in [3.63, 3.8) is 0 Å². The smallest absolute Gasteiger partial charge is 0.211 e. The molecule has 4 rings (SSSR count). The monoisotopic (exact) mass is 403 g/mol. The van der Waals surface area contributed by atoms with Crippen LogP contribution in [0.15, 0.2) is 36.4 Å². The summed E-state index contributed by atoms with van der Waals surface area (Å²) < 4.78 is 26.3. The van der Waals surface area contributed by atoms with Crippen molar-refractivity contribution in [3.05, 3.63) is 56.6 Å². The van der Waals surface area contributed by atoms with E-state index in [-0.39, 0.29) is 0 Å². The Morgan fingerprint density at radius 2 is 1.78 bits per heavy atom. The molecular formula is C20H25N3O2S2. The maximum Gasteiger partial charge on any atom is 0.211 e. The summed E-state index contributed by atoms with van der Waals surface area (Å²) in [5.41, 5.74) is 2.67. The number of rotatable bonds is 4. The number of hydrogen-bond donors (Lipinski definition) is 0. The second-order valence-electron chi connectivity index (χ2n) is 7.32. The number of fused-ring (bicyclic) bond motifs is 1. The molecule has 0 spiro atoms. The number of hydrogen-bond acceptors (Lipinski definition) is 5. The van der Waals surface area contributed by atoms with E-state index in [1.165, 1.54) is 32.0 Å². The zero-order valence-electron chi connectivity index (χ0n) is 15.8. The molecule has 144 valence electrons. The predicted octanol–water partition coefficient (Wildman–Crippen LogP) is 0.708. The van der Waals surface area contributed by atoms with Crippen LogP contribution in [-0.2, 0) is 16.6 Å². The number of sulfonamides is 1. The first-order valence-corrected chi connectivity index (χ1v) is 11.8. The van der Waals surface area contributed by atoms with Gasteiger partial charge in [0.1, 0.15) is 0 Å². The average molecular weight is 404 g/mol. The summed E-state index contributed by atoms with van der Waals surface area (Å²) >= 11 is 1.87. The van der Waals surface area contributed by atoms with Crippen LogP contribution in [0.1, 0.15) is 10.4 Å². The van der Waals surface area contributed by atoms with Crippen LogP contribution in [-0.4, -0.2) is 68.6 Å². The lowest BCUT2D eigenvalue weighted by Gasteiger charge is -2.32. The number of nitrogens with zero attached hydrogens (tertiary/aromatic N) is 3. The first-order chi connectivity index (χ1) is 12.9. The lowest BCUT2D eigenvalue weighted by atomic mass is 10.0. The van der Waals surface area contributed by atoms with Gasteiger partial charge in [0.05, 0.1) is 6.26 Å². The number of benzene rings is 1. The van der Waals surface area contributed by atoms with Crippen LogP contribution < -0.4 is 9.75 Å². The summed E-state index contributed by atoms with van der Waals surface area (Å²) in [6.07, 6.45) is 3.52. The Balaban J connectivity index is 1.58. The van der Waals surface area contributed by atoms with E-state index in [4.69, 9.17) is 0 Å². The molecule has 27 heavy (non-hydrogen) atoms. The SMILES string of the molecule is CN1C=c2cc(CN3CCN(S(C)(=O)=O)CC3)sc2=C(c2ccccc2)C1. The van der Waals surface area contributed by atoms with Crippen LogP contribution in [0.4, 0.5) is 0 Å². The van der Waals surface area contributed by atoms with Crippen molar-refractivity contribution in [1.29, 1.82) is 0 Å². The Bertz CT molecular complexity index is 1040. The van der Waals surface area contributed by atoms with Crippen LogP contribution in [0.5, 0.6) is 0 Å². The molecule has 1 fully saturated rings. The van der Waals surface area contributed by atoms with Crippen molar-refractivity contribution in [2.24, 2.45) is 0 Å². The molecule has 1 aromatic carbocycles. The van der Waals surface area contributed by atoms with Crippen LogP contribution in [0, 0.1) is 0 Å².